The second-order valence-electron chi connectivity index (χ2n) is 4.27. The standard InChI is InChI=1S/C13H25NO3/c1-2-3-4-5-6-7-8-9-10-13(14-11-15)17-12-16/h11-13H,2-10H2,1H3,(H,14,15). The molecule has 0 spiro atoms. The predicted octanol–water partition coefficient (Wildman–Crippen LogP) is 2.76. The molecule has 1 unspecified atom stereocenters. The fraction of sp³-hybridized carbons (Fsp3) is 0.846. The number of carbonyl (C=O) groups excluding carboxylic acids is 2. The average molecular weight is 243 g/mol. The fourth-order valence-electron chi connectivity index (χ4n) is 1.80. The number of hydrogen-bond donors (Lipinski definition) is 1. The third-order valence-electron chi connectivity index (χ3n) is 2.79. The maximum absolute atomic E-state index is 10.2. The number of hydrogen-bond acceptors (Lipinski definition) is 3. The first-order chi connectivity index (χ1) is 8.35. The number of ether oxygens (including phenoxy) is 1. The molecular weight excluding hydrogens is 218 g/mol. The van der Waals surface area contributed by atoms with E-state index in [-0.39, 0.29) is 0 Å². The number of unbranched alkanes of at least 4 members (excludes halogenated alkanes) is 7. The maximum atomic E-state index is 10.2. The van der Waals surface area contributed by atoms with Crippen LogP contribution in [0.5, 0.6) is 0 Å². The van der Waals surface area contributed by atoms with E-state index >= 15 is 0 Å². The molecule has 0 aromatic carbocycles. The molecule has 0 rings (SSSR count). The van der Waals surface area contributed by atoms with Gasteiger partial charge >= 0.3 is 0 Å². The van der Waals surface area contributed by atoms with Crippen molar-refractivity contribution in [3.63, 3.8) is 0 Å². The first-order valence-electron chi connectivity index (χ1n) is 6.64. The second-order valence-corrected chi connectivity index (χ2v) is 4.27. The number of amides is 1. The van der Waals surface area contributed by atoms with Crippen LogP contribution in [0.3, 0.4) is 0 Å². The minimum Gasteiger partial charge on any atom is -0.444 e. The topological polar surface area (TPSA) is 55.4 Å². The van der Waals surface area contributed by atoms with Crippen LogP contribution >= 0.6 is 0 Å². The van der Waals surface area contributed by atoms with E-state index in [1.54, 1.807) is 0 Å². The number of rotatable bonds is 13. The van der Waals surface area contributed by atoms with Crippen LogP contribution in [-0.4, -0.2) is 19.1 Å². The van der Waals surface area contributed by atoms with E-state index in [9.17, 15) is 9.59 Å². The molecule has 4 heteroatoms. The Balaban J connectivity index is 3.29. The highest BCUT2D eigenvalue weighted by Gasteiger charge is 2.06. The zero-order chi connectivity index (χ0) is 12.8. The van der Waals surface area contributed by atoms with Crippen LogP contribution in [0.25, 0.3) is 0 Å². The van der Waals surface area contributed by atoms with Crippen molar-refractivity contribution < 1.29 is 14.3 Å². The molecule has 0 saturated carbocycles. The summed E-state index contributed by atoms with van der Waals surface area (Å²) in [5, 5.41) is 2.47. The summed E-state index contributed by atoms with van der Waals surface area (Å²) < 4.78 is 4.72. The molecule has 17 heavy (non-hydrogen) atoms. The quantitative estimate of drug-likeness (QED) is 0.307. The van der Waals surface area contributed by atoms with E-state index in [1.165, 1.54) is 38.5 Å². The van der Waals surface area contributed by atoms with Gasteiger partial charge in [-0.25, -0.2) is 0 Å². The molecule has 0 saturated heterocycles. The Morgan fingerprint density at radius 3 is 2.12 bits per heavy atom. The van der Waals surface area contributed by atoms with Crippen molar-refractivity contribution in [3.8, 4) is 0 Å². The van der Waals surface area contributed by atoms with Gasteiger partial charge in [0.25, 0.3) is 6.47 Å². The molecule has 0 fully saturated rings. The molecule has 0 aromatic rings. The largest absolute Gasteiger partial charge is 0.444 e. The van der Waals surface area contributed by atoms with E-state index in [4.69, 9.17) is 4.74 Å². The normalized spacial score (nSPS) is 11.8. The Kier molecular flexibility index (Phi) is 12.2. The molecule has 100 valence electrons. The van der Waals surface area contributed by atoms with Gasteiger partial charge in [-0.3, -0.25) is 9.59 Å². The molecular formula is C13H25NO3. The highest BCUT2D eigenvalue weighted by Crippen LogP contribution is 2.10. The lowest BCUT2D eigenvalue weighted by atomic mass is 10.1. The second kappa shape index (κ2) is 13.0. The molecule has 0 aromatic heterocycles. The van der Waals surface area contributed by atoms with Crippen LogP contribution in [0, 0.1) is 0 Å². The van der Waals surface area contributed by atoms with Crippen molar-refractivity contribution in [3.05, 3.63) is 0 Å². The van der Waals surface area contributed by atoms with Gasteiger partial charge in [0.1, 0.15) is 0 Å². The summed E-state index contributed by atoms with van der Waals surface area (Å²) in [5.74, 6) is 0. The molecule has 0 heterocycles. The Hall–Kier alpha value is -1.06. The molecule has 0 aliphatic carbocycles. The maximum Gasteiger partial charge on any atom is 0.295 e. The number of nitrogens with one attached hydrogen (secondary N) is 1. The van der Waals surface area contributed by atoms with E-state index in [0.29, 0.717) is 19.3 Å². The minimum absolute atomic E-state index is 0.381. The van der Waals surface area contributed by atoms with Crippen LogP contribution in [0.1, 0.15) is 64.7 Å². The highest BCUT2D eigenvalue weighted by molar-refractivity contribution is 5.47. The molecule has 4 nitrogen and oxygen atoms in total. The van der Waals surface area contributed by atoms with Crippen LogP contribution in [-0.2, 0) is 14.3 Å². The molecule has 1 atom stereocenters. The van der Waals surface area contributed by atoms with Crippen LogP contribution in [0.4, 0.5) is 0 Å². The molecule has 0 bridgehead atoms. The van der Waals surface area contributed by atoms with Gasteiger partial charge in [-0.05, 0) is 6.42 Å². The highest BCUT2D eigenvalue weighted by atomic mass is 16.5. The third kappa shape index (κ3) is 11.2. The van der Waals surface area contributed by atoms with E-state index in [1.807, 2.05) is 0 Å². The van der Waals surface area contributed by atoms with Crippen molar-refractivity contribution in [1.82, 2.24) is 5.32 Å². The zero-order valence-corrected chi connectivity index (χ0v) is 10.8. The Morgan fingerprint density at radius 1 is 1.00 bits per heavy atom. The summed E-state index contributed by atoms with van der Waals surface area (Å²) in [4.78, 5) is 20.4. The minimum atomic E-state index is -0.454. The first kappa shape index (κ1) is 15.9. The van der Waals surface area contributed by atoms with Crippen molar-refractivity contribution in [2.75, 3.05) is 0 Å². The molecule has 1 amide bonds. The average Bonchev–Trinajstić information content (AvgIpc) is 2.33. The first-order valence-corrected chi connectivity index (χ1v) is 6.64. The van der Waals surface area contributed by atoms with Crippen LogP contribution in [0.15, 0.2) is 0 Å². The zero-order valence-electron chi connectivity index (χ0n) is 10.8. The third-order valence-corrected chi connectivity index (χ3v) is 2.79. The van der Waals surface area contributed by atoms with Gasteiger partial charge < -0.3 is 10.1 Å². The van der Waals surface area contributed by atoms with Gasteiger partial charge in [0.05, 0.1) is 0 Å². The van der Waals surface area contributed by atoms with Gasteiger partial charge in [0.2, 0.25) is 6.41 Å². The lowest BCUT2D eigenvalue weighted by molar-refractivity contribution is -0.136. The van der Waals surface area contributed by atoms with Crippen molar-refractivity contribution in [1.29, 1.82) is 0 Å². The summed E-state index contributed by atoms with van der Waals surface area (Å²) >= 11 is 0. The lowest BCUT2D eigenvalue weighted by Crippen LogP contribution is -2.30. The lowest BCUT2D eigenvalue weighted by Gasteiger charge is -2.13. The number of carbonyl (C=O) groups is 2. The summed E-state index contributed by atoms with van der Waals surface area (Å²) in [6, 6.07) is 0. The Bertz CT molecular complexity index is 176. The van der Waals surface area contributed by atoms with Crippen molar-refractivity contribution in [2.45, 2.75) is 70.9 Å². The van der Waals surface area contributed by atoms with Gasteiger partial charge in [-0.1, -0.05) is 51.9 Å². The summed E-state index contributed by atoms with van der Waals surface area (Å²) in [7, 11) is 0. The Morgan fingerprint density at radius 2 is 1.59 bits per heavy atom. The van der Waals surface area contributed by atoms with Gasteiger partial charge in [-0.15, -0.1) is 0 Å². The SMILES string of the molecule is CCCCCCCCCCC(NC=O)OC=O. The summed E-state index contributed by atoms with van der Waals surface area (Å²) in [5.41, 5.74) is 0. The van der Waals surface area contributed by atoms with Gasteiger partial charge in [0.15, 0.2) is 6.23 Å². The van der Waals surface area contributed by atoms with Crippen molar-refractivity contribution >= 4 is 12.9 Å². The van der Waals surface area contributed by atoms with Crippen molar-refractivity contribution in [2.24, 2.45) is 0 Å². The van der Waals surface area contributed by atoms with Gasteiger partial charge in [0, 0.05) is 6.42 Å². The molecule has 0 radical (unpaired) electrons. The predicted molar refractivity (Wildman–Crippen MR) is 67.4 cm³/mol. The summed E-state index contributed by atoms with van der Waals surface area (Å²) in [6.07, 6.45) is 10.7. The molecule has 0 aliphatic heterocycles. The monoisotopic (exact) mass is 243 g/mol. The van der Waals surface area contributed by atoms with E-state index in [2.05, 4.69) is 12.2 Å². The van der Waals surface area contributed by atoms with E-state index < -0.39 is 6.23 Å². The van der Waals surface area contributed by atoms with E-state index in [0.717, 1.165) is 12.8 Å². The van der Waals surface area contributed by atoms with Crippen LogP contribution in [0.2, 0.25) is 0 Å². The summed E-state index contributed by atoms with van der Waals surface area (Å²) in [6.45, 7) is 2.60. The molecule has 0 aliphatic rings. The van der Waals surface area contributed by atoms with Crippen LogP contribution < -0.4 is 5.32 Å². The molecule has 1 N–H and O–H groups in total. The van der Waals surface area contributed by atoms with Gasteiger partial charge in [-0.2, -0.15) is 0 Å². The fourth-order valence-corrected chi connectivity index (χ4v) is 1.80. The smallest absolute Gasteiger partial charge is 0.295 e. The Labute approximate surface area is 104 Å².